The Morgan fingerprint density at radius 3 is 1.67 bits per heavy atom. The molecule has 0 aliphatic rings. The molecule has 0 unspecified atom stereocenters. The summed E-state index contributed by atoms with van der Waals surface area (Å²) >= 11 is 0. The van der Waals surface area contributed by atoms with E-state index in [4.69, 9.17) is 19.4 Å². The van der Waals surface area contributed by atoms with Crippen molar-refractivity contribution in [3.63, 3.8) is 0 Å². The molecule has 0 fully saturated rings. The molecule has 0 bridgehead atoms. The van der Waals surface area contributed by atoms with Crippen LogP contribution in [0, 0.1) is 0 Å². The van der Waals surface area contributed by atoms with E-state index in [1.807, 2.05) is 48.5 Å². The molecule has 0 atom stereocenters. The van der Waals surface area contributed by atoms with E-state index in [0.29, 0.717) is 17.6 Å². The van der Waals surface area contributed by atoms with Crippen LogP contribution in [0.3, 0.4) is 0 Å². The Balaban J connectivity index is 1.05. The smallest absolute Gasteiger partial charge is 0.238 e. The third-order valence-electron chi connectivity index (χ3n) is 12.9. The van der Waals surface area contributed by atoms with Crippen LogP contribution in [0.25, 0.3) is 127 Å². The Hall–Kier alpha value is -8.81. The van der Waals surface area contributed by atoms with E-state index < -0.39 is 0 Å². The first kappa shape index (κ1) is 34.9. The summed E-state index contributed by atoms with van der Waals surface area (Å²) in [6.45, 7) is 0. The van der Waals surface area contributed by atoms with Crippen LogP contribution in [0.1, 0.15) is 0 Å². The SMILES string of the molecule is c1ccc(-c2nc(-c3ccc4oc5ccccc5c4c3)nc(-n3c4ccccc4c4c3ccc3c5ccccc5n(-c5ccc6c(c5)c5ccccc5n6-c5ccccc5)c34)n2)cc1. The van der Waals surface area contributed by atoms with E-state index in [1.165, 1.54) is 32.6 Å². The zero-order valence-corrected chi connectivity index (χ0v) is 34.2. The van der Waals surface area contributed by atoms with Gasteiger partial charge in [-0.05, 0) is 78.9 Å². The van der Waals surface area contributed by atoms with Crippen molar-refractivity contribution in [1.29, 1.82) is 0 Å². The minimum absolute atomic E-state index is 0.546. The van der Waals surface area contributed by atoms with Crippen molar-refractivity contribution >= 4 is 87.4 Å². The van der Waals surface area contributed by atoms with Crippen LogP contribution in [0.2, 0.25) is 0 Å². The minimum Gasteiger partial charge on any atom is -0.456 e. The molecular weight excluding hydrogens is 785 g/mol. The van der Waals surface area contributed by atoms with E-state index in [2.05, 4.69) is 171 Å². The first-order chi connectivity index (χ1) is 31.7. The average Bonchev–Trinajstić information content (AvgIpc) is 4.10. The van der Waals surface area contributed by atoms with Gasteiger partial charge in [0, 0.05) is 65.6 Å². The highest BCUT2D eigenvalue weighted by Crippen LogP contribution is 2.43. The monoisotopic (exact) mass is 818 g/mol. The Kier molecular flexibility index (Phi) is 7.27. The molecule has 5 aromatic heterocycles. The maximum Gasteiger partial charge on any atom is 0.238 e. The molecule has 5 heterocycles. The van der Waals surface area contributed by atoms with Crippen molar-refractivity contribution in [2.45, 2.75) is 0 Å². The highest BCUT2D eigenvalue weighted by Gasteiger charge is 2.24. The number of para-hydroxylation sites is 5. The van der Waals surface area contributed by atoms with Crippen molar-refractivity contribution in [3.05, 3.63) is 206 Å². The van der Waals surface area contributed by atoms with E-state index in [-0.39, 0.29) is 0 Å². The standard InChI is InChI=1S/C57H34N6O/c1-3-15-35(16-4-1)55-58-56(36-27-32-52-45(33-36)41-21-10-14-26-51(41)64-52)60-57(59-55)63-48-25-13-9-22-43(48)53-50(63)31-29-42-39-19-7-12-24-47(39)62(54(42)53)38-28-30-49-44(34-38)40-20-8-11-23-46(40)61(49)37-17-5-2-6-18-37/h1-34H. The first-order valence-corrected chi connectivity index (χ1v) is 21.5. The number of rotatable bonds is 5. The van der Waals surface area contributed by atoms with Crippen LogP contribution in [0.5, 0.6) is 0 Å². The molecular formula is C57H34N6O. The van der Waals surface area contributed by atoms with Gasteiger partial charge in [0.05, 0.1) is 33.1 Å². The maximum atomic E-state index is 6.21. The van der Waals surface area contributed by atoms with Crippen LogP contribution in [-0.2, 0) is 0 Å². The maximum absolute atomic E-state index is 6.21. The lowest BCUT2D eigenvalue weighted by atomic mass is 10.1. The summed E-state index contributed by atoms with van der Waals surface area (Å²) in [6, 6.07) is 72.6. The van der Waals surface area contributed by atoms with Gasteiger partial charge in [-0.3, -0.25) is 4.57 Å². The van der Waals surface area contributed by atoms with Gasteiger partial charge >= 0.3 is 0 Å². The molecule has 14 aromatic rings. The van der Waals surface area contributed by atoms with Crippen LogP contribution in [0.4, 0.5) is 0 Å². The molecule has 0 N–H and O–H groups in total. The minimum atomic E-state index is 0.546. The van der Waals surface area contributed by atoms with Crippen LogP contribution in [0.15, 0.2) is 211 Å². The Morgan fingerprint density at radius 2 is 0.891 bits per heavy atom. The number of fused-ring (bicyclic) bond motifs is 13. The van der Waals surface area contributed by atoms with Gasteiger partial charge in [0.25, 0.3) is 0 Å². The summed E-state index contributed by atoms with van der Waals surface area (Å²) in [5.74, 6) is 1.73. The van der Waals surface area contributed by atoms with E-state index in [1.54, 1.807) is 0 Å². The largest absolute Gasteiger partial charge is 0.456 e. The summed E-state index contributed by atoms with van der Waals surface area (Å²) in [6.07, 6.45) is 0. The van der Waals surface area contributed by atoms with E-state index >= 15 is 0 Å². The number of aromatic nitrogens is 6. The quantitative estimate of drug-likeness (QED) is 0.173. The topological polar surface area (TPSA) is 66.6 Å². The molecule has 0 aliphatic heterocycles. The third kappa shape index (κ3) is 5.00. The Bertz CT molecular complexity index is 4190. The number of hydrogen-bond donors (Lipinski definition) is 0. The molecule has 0 spiro atoms. The summed E-state index contributed by atoms with van der Waals surface area (Å²) in [5, 5.41) is 9.11. The Morgan fingerprint density at radius 1 is 0.312 bits per heavy atom. The number of hydrogen-bond acceptors (Lipinski definition) is 4. The summed E-state index contributed by atoms with van der Waals surface area (Å²) in [7, 11) is 0. The fourth-order valence-corrected chi connectivity index (χ4v) is 10.1. The molecule has 64 heavy (non-hydrogen) atoms. The van der Waals surface area contributed by atoms with Gasteiger partial charge in [-0.25, -0.2) is 4.98 Å². The lowest BCUT2D eigenvalue weighted by molar-refractivity contribution is 0.669. The lowest BCUT2D eigenvalue weighted by Gasteiger charge is -2.12. The van der Waals surface area contributed by atoms with Crippen LogP contribution >= 0.6 is 0 Å². The van der Waals surface area contributed by atoms with Crippen LogP contribution < -0.4 is 0 Å². The molecule has 0 aliphatic carbocycles. The molecule has 14 rings (SSSR count). The molecule has 0 saturated carbocycles. The van der Waals surface area contributed by atoms with Gasteiger partial charge in [0.15, 0.2) is 11.6 Å². The first-order valence-electron chi connectivity index (χ1n) is 21.5. The average molecular weight is 819 g/mol. The normalized spacial score (nSPS) is 12.1. The lowest BCUT2D eigenvalue weighted by Crippen LogP contribution is -2.06. The van der Waals surface area contributed by atoms with E-state index in [0.717, 1.165) is 77.3 Å². The fourth-order valence-electron chi connectivity index (χ4n) is 10.1. The highest BCUT2D eigenvalue weighted by molar-refractivity contribution is 6.26. The third-order valence-corrected chi connectivity index (χ3v) is 12.9. The van der Waals surface area contributed by atoms with Crippen molar-refractivity contribution in [2.24, 2.45) is 0 Å². The van der Waals surface area contributed by atoms with Gasteiger partial charge in [0.1, 0.15) is 11.2 Å². The number of nitrogens with zero attached hydrogens (tertiary/aromatic N) is 6. The second-order valence-electron chi connectivity index (χ2n) is 16.4. The van der Waals surface area contributed by atoms with Gasteiger partial charge < -0.3 is 13.6 Å². The van der Waals surface area contributed by atoms with Crippen LogP contribution in [-0.4, -0.2) is 28.7 Å². The number of furan rings is 1. The zero-order chi connectivity index (χ0) is 41.9. The fraction of sp³-hybridized carbons (Fsp3) is 0. The molecule has 0 saturated heterocycles. The van der Waals surface area contributed by atoms with Crippen molar-refractivity contribution < 1.29 is 4.42 Å². The van der Waals surface area contributed by atoms with Crippen molar-refractivity contribution in [1.82, 2.24) is 28.7 Å². The van der Waals surface area contributed by atoms with Gasteiger partial charge in [-0.15, -0.1) is 0 Å². The van der Waals surface area contributed by atoms with Gasteiger partial charge in [0.2, 0.25) is 5.95 Å². The molecule has 7 nitrogen and oxygen atoms in total. The zero-order valence-electron chi connectivity index (χ0n) is 34.2. The predicted octanol–water partition coefficient (Wildman–Crippen LogP) is 14.4. The predicted molar refractivity (Wildman–Crippen MR) is 261 cm³/mol. The van der Waals surface area contributed by atoms with Crippen molar-refractivity contribution in [3.8, 4) is 40.1 Å². The highest BCUT2D eigenvalue weighted by atomic mass is 16.3. The van der Waals surface area contributed by atoms with Gasteiger partial charge in [-0.2, -0.15) is 9.97 Å². The summed E-state index contributed by atoms with van der Waals surface area (Å²) < 4.78 is 13.3. The second kappa shape index (κ2) is 13.3. The molecule has 7 heteroatoms. The summed E-state index contributed by atoms with van der Waals surface area (Å²) in [4.78, 5) is 15.8. The second-order valence-corrected chi connectivity index (χ2v) is 16.4. The Labute approximate surface area is 365 Å². The van der Waals surface area contributed by atoms with Gasteiger partial charge in [-0.1, -0.05) is 127 Å². The molecule has 0 radical (unpaired) electrons. The molecule has 0 amide bonds. The van der Waals surface area contributed by atoms with E-state index in [9.17, 15) is 0 Å². The molecule has 298 valence electrons. The summed E-state index contributed by atoms with van der Waals surface area (Å²) in [5.41, 5.74) is 12.3. The van der Waals surface area contributed by atoms with Crippen molar-refractivity contribution in [2.75, 3.05) is 0 Å². The molecule has 9 aromatic carbocycles. The number of benzene rings is 9.